The predicted octanol–water partition coefficient (Wildman–Crippen LogP) is -4.58. The van der Waals surface area contributed by atoms with Crippen molar-refractivity contribution in [2.75, 3.05) is 26.2 Å². The van der Waals surface area contributed by atoms with Gasteiger partial charge in [-0.25, -0.2) is 9.78 Å². The van der Waals surface area contributed by atoms with Crippen molar-refractivity contribution in [1.82, 2.24) is 41.9 Å². The zero-order valence-corrected chi connectivity index (χ0v) is 24.4. The van der Waals surface area contributed by atoms with Gasteiger partial charge in [-0.1, -0.05) is 30.3 Å². The van der Waals surface area contributed by atoms with Crippen molar-refractivity contribution >= 4 is 41.4 Å². The van der Waals surface area contributed by atoms with E-state index in [0.717, 1.165) is 0 Å². The standard InChI is InChI=1S/C27H37N9O9/c1-15(28)24(41)31-10-21(38)30-11-22(39)34-18(8-17-9-29-14-33-17)25(42)32-12-23(40)35-20(13-37)26(43)36-19(27(44)45)7-16-5-3-2-4-6-16/h2-6,9,14-15,18-20,37H,7-8,10-13,28H2,1H3,(H,29,33)(H,30,38)(H,31,41)(H,32,42)(H,34,39)(H,35,40)(H,36,43)(H,44,45). The summed E-state index contributed by atoms with van der Waals surface area (Å²) in [5, 5.41) is 33.0. The number of nitrogens with one attached hydrogen (secondary N) is 7. The normalized spacial score (nSPS) is 13.2. The molecule has 1 aromatic heterocycles. The molecule has 11 N–H and O–H groups in total. The number of carbonyl (C=O) groups excluding carboxylic acids is 6. The number of nitrogens with two attached hydrogens (primary N) is 1. The van der Waals surface area contributed by atoms with Crippen molar-refractivity contribution in [2.24, 2.45) is 5.73 Å². The van der Waals surface area contributed by atoms with Crippen LogP contribution in [0.4, 0.5) is 0 Å². The lowest BCUT2D eigenvalue weighted by Crippen LogP contribution is -2.56. The molecule has 18 nitrogen and oxygen atoms in total. The van der Waals surface area contributed by atoms with Crippen LogP contribution in [0.15, 0.2) is 42.9 Å². The molecular weight excluding hydrogens is 594 g/mol. The molecule has 18 heteroatoms. The fourth-order valence-electron chi connectivity index (χ4n) is 3.69. The minimum atomic E-state index is -1.52. The Morgan fingerprint density at radius 1 is 0.778 bits per heavy atom. The number of benzene rings is 1. The molecule has 0 bridgehead atoms. The zero-order valence-electron chi connectivity index (χ0n) is 24.4. The molecule has 4 atom stereocenters. The van der Waals surface area contributed by atoms with Gasteiger partial charge in [0.1, 0.15) is 18.1 Å². The monoisotopic (exact) mass is 631 g/mol. The SMILES string of the molecule is CC(N)C(=O)NCC(=O)NCC(=O)NC(Cc1cnc[nH]1)C(=O)NCC(=O)NC(CO)C(=O)NC(Cc1ccccc1)C(=O)O. The molecular formula is C27H37N9O9. The Morgan fingerprint density at radius 2 is 1.38 bits per heavy atom. The topological polar surface area (TPSA) is 287 Å². The van der Waals surface area contributed by atoms with E-state index in [1.54, 1.807) is 30.3 Å². The van der Waals surface area contributed by atoms with Gasteiger partial charge in [0, 0.05) is 24.7 Å². The molecule has 244 valence electrons. The van der Waals surface area contributed by atoms with Crippen molar-refractivity contribution < 1.29 is 43.8 Å². The van der Waals surface area contributed by atoms with Crippen LogP contribution in [0, 0.1) is 0 Å². The first-order valence-corrected chi connectivity index (χ1v) is 13.7. The van der Waals surface area contributed by atoms with Crippen molar-refractivity contribution in [2.45, 2.75) is 43.9 Å². The van der Waals surface area contributed by atoms with E-state index in [4.69, 9.17) is 5.73 Å². The third kappa shape index (κ3) is 13.2. The third-order valence-electron chi connectivity index (χ3n) is 6.07. The number of carbonyl (C=O) groups is 7. The number of amides is 6. The maximum absolute atomic E-state index is 12.9. The number of carboxylic acid groups (broad SMARTS) is 1. The predicted molar refractivity (Wildman–Crippen MR) is 156 cm³/mol. The smallest absolute Gasteiger partial charge is 0.326 e. The van der Waals surface area contributed by atoms with Crippen LogP contribution in [-0.4, -0.2) is 112 Å². The summed E-state index contributed by atoms with van der Waals surface area (Å²) in [5.74, 6) is -5.96. The fraction of sp³-hybridized carbons (Fsp3) is 0.407. The number of carboxylic acids is 1. The first kappa shape index (κ1) is 35.8. The van der Waals surface area contributed by atoms with Gasteiger partial charge in [-0.2, -0.15) is 0 Å². The molecule has 45 heavy (non-hydrogen) atoms. The van der Waals surface area contributed by atoms with Crippen LogP contribution in [0.2, 0.25) is 0 Å². The number of aliphatic hydroxyl groups is 1. The van der Waals surface area contributed by atoms with E-state index in [1.807, 2.05) is 0 Å². The Kier molecular flexibility index (Phi) is 14.6. The minimum absolute atomic E-state index is 0.0404. The number of imidazole rings is 1. The third-order valence-corrected chi connectivity index (χ3v) is 6.07. The Bertz CT molecular complexity index is 1320. The van der Waals surface area contributed by atoms with E-state index in [2.05, 4.69) is 41.9 Å². The van der Waals surface area contributed by atoms with Crippen LogP contribution in [-0.2, 0) is 46.4 Å². The molecule has 0 aliphatic carbocycles. The summed E-state index contributed by atoms with van der Waals surface area (Å²) in [6, 6.07) is 3.61. The maximum Gasteiger partial charge on any atom is 0.326 e. The molecule has 6 amide bonds. The van der Waals surface area contributed by atoms with Crippen molar-refractivity contribution in [1.29, 1.82) is 0 Å². The van der Waals surface area contributed by atoms with E-state index >= 15 is 0 Å². The number of aliphatic carboxylic acids is 1. The number of rotatable bonds is 18. The number of H-pyrrole nitrogens is 1. The lowest BCUT2D eigenvalue weighted by atomic mass is 10.1. The Hall–Kier alpha value is -5.36. The van der Waals surface area contributed by atoms with Gasteiger partial charge in [-0.05, 0) is 12.5 Å². The van der Waals surface area contributed by atoms with Crippen molar-refractivity contribution in [3.8, 4) is 0 Å². The van der Waals surface area contributed by atoms with Crippen LogP contribution >= 0.6 is 0 Å². The second-order valence-electron chi connectivity index (χ2n) is 9.79. The molecule has 0 saturated heterocycles. The highest BCUT2D eigenvalue weighted by molar-refractivity contribution is 5.94. The zero-order chi connectivity index (χ0) is 33.4. The summed E-state index contributed by atoms with van der Waals surface area (Å²) in [6.45, 7) is -1.04. The van der Waals surface area contributed by atoms with Gasteiger partial charge >= 0.3 is 5.97 Å². The van der Waals surface area contributed by atoms with E-state index in [9.17, 15) is 43.8 Å². The summed E-state index contributed by atoms with van der Waals surface area (Å²) in [7, 11) is 0. The lowest BCUT2D eigenvalue weighted by molar-refractivity contribution is -0.142. The molecule has 4 unspecified atom stereocenters. The maximum atomic E-state index is 12.9. The van der Waals surface area contributed by atoms with Crippen LogP contribution in [0.25, 0.3) is 0 Å². The van der Waals surface area contributed by atoms with E-state index < -0.39 is 91.8 Å². The van der Waals surface area contributed by atoms with Crippen molar-refractivity contribution in [3.63, 3.8) is 0 Å². The number of aliphatic hydroxyl groups excluding tert-OH is 1. The average Bonchev–Trinajstić information content (AvgIpc) is 3.53. The van der Waals surface area contributed by atoms with E-state index in [-0.39, 0.29) is 12.8 Å². The molecule has 0 saturated carbocycles. The summed E-state index contributed by atoms with van der Waals surface area (Å²) < 4.78 is 0. The molecule has 1 aromatic carbocycles. The number of nitrogens with zero attached hydrogens (tertiary/aromatic N) is 1. The average molecular weight is 632 g/mol. The van der Waals surface area contributed by atoms with Crippen LogP contribution in [0.5, 0.6) is 0 Å². The second kappa shape index (κ2) is 18.3. The van der Waals surface area contributed by atoms with Crippen LogP contribution in [0.1, 0.15) is 18.2 Å². The van der Waals surface area contributed by atoms with Crippen molar-refractivity contribution in [3.05, 3.63) is 54.1 Å². The molecule has 0 aliphatic rings. The molecule has 2 aromatic rings. The van der Waals surface area contributed by atoms with E-state index in [1.165, 1.54) is 19.4 Å². The second-order valence-corrected chi connectivity index (χ2v) is 9.79. The Morgan fingerprint density at radius 3 is 1.96 bits per heavy atom. The highest BCUT2D eigenvalue weighted by atomic mass is 16.4. The molecule has 0 aliphatic heterocycles. The number of hydrogen-bond donors (Lipinski definition) is 10. The number of aromatic amines is 1. The summed E-state index contributed by atoms with van der Waals surface area (Å²) in [6.07, 6.45) is 2.65. The first-order chi connectivity index (χ1) is 21.4. The number of hydrogen-bond acceptors (Lipinski definition) is 10. The highest BCUT2D eigenvalue weighted by Crippen LogP contribution is 2.04. The number of aromatic nitrogens is 2. The van der Waals surface area contributed by atoms with Gasteiger partial charge in [0.2, 0.25) is 35.4 Å². The Labute approximate surface area is 257 Å². The Balaban J connectivity index is 1.91. The minimum Gasteiger partial charge on any atom is -0.480 e. The van der Waals surface area contributed by atoms with Gasteiger partial charge in [-0.3, -0.25) is 28.8 Å². The summed E-state index contributed by atoms with van der Waals surface area (Å²) >= 11 is 0. The van der Waals surface area contributed by atoms with Gasteiger partial charge in [0.05, 0.1) is 38.6 Å². The summed E-state index contributed by atoms with van der Waals surface area (Å²) in [5.41, 5.74) is 6.50. The quantitative estimate of drug-likeness (QED) is 0.0747. The van der Waals surface area contributed by atoms with Crippen LogP contribution < -0.4 is 37.6 Å². The first-order valence-electron chi connectivity index (χ1n) is 13.7. The lowest BCUT2D eigenvalue weighted by Gasteiger charge is -2.21. The molecule has 1 heterocycles. The van der Waals surface area contributed by atoms with Gasteiger partial charge < -0.3 is 52.8 Å². The van der Waals surface area contributed by atoms with Crippen LogP contribution in [0.3, 0.4) is 0 Å². The highest BCUT2D eigenvalue weighted by Gasteiger charge is 2.27. The largest absolute Gasteiger partial charge is 0.480 e. The molecule has 2 rings (SSSR count). The van der Waals surface area contributed by atoms with Gasteiger partial charge in [-0.15, -0.1) is 0 Å². The molecule has 0 fully saturated rings. The van der Waals surface area contributed by atoms with E-state index in [0.29, 0.717) is 11.3 Å². The van der Waals surface area contributed by atoms with Gasteiger partial charge in [0.25, 0.3) is 0 Å². The van der Waals surface area contributed by atoms with Gasteiger partial charge in [0.15, 0.2) is 0 Å². The molecule has 0 spiro atoms. The fourth-order valence-corrected chi connectivity index (χ4v) is 3.69. The summed E-state index contributed by atoms with van der Waals surface area (Å²) in [4.78, 5) is 92.1. The molecule has 0 radical (unpaired) electrons.